The molecule has 1 aliphatic heterocycles. The molecule has 1 aromatic rings. The maximum absolute atomic E-state index is 12.1. The Balaban J connectivity index is 1.72. The number of amides is 1. The van der Waals surface area contributed by atoms with E-state index in [1.165, 1.54) is 0 Å². The summed E-state index contributed by atoms with van der Waals surface area (Å²) in [6, 6.07) is 1.79. The van der Waals surface area contributed by atoms with Gasteiger partial charge in [-0.25, -0.2) is 0 Å². The first-order valence-corrected chi connectivity index (χ1v) is 7.01. The molecule has 0 bridgehead atoms. The van der Waals surface area contributed by atoms with E-state index in [1.807, 2.05) is 0 Å². The van der Waals surface area contributed by atoms with Crippen molar-refractivity contribution in [1.82, 2.24) is 15.2 Å². The molecule has 0 unspecified atom stereocenters. The molecule has 20 heavy (non-hydrogen) atoms. The van der Waals surface area contributed by atoms with Crippen molar-refractivity contribution in [1.29, 1.82) is 0 Å². The number of aromatic nitrogens is 1. The van der Waals surface area contributed by atoms with E-state index in [9.17, 15) is 4.79 Å². The van der Waals surface area contributed by atoms with E-state index in [0.717, 1.165) is 45.0 Å². The van der Waals surface area contributed by atoms with Gasteiger partial charge < -0.3 is 15.4 Å². The molecular formula is C14H22N4O2. The number of ether oxygens (including phenoxy) is 1. The van der Waals surface area contributed by atoms with Gasteiger partial charge in [0, 0.05) is 44.8 Å². The summed E-state index contributed by atoms with van der Waals surface area (Å²) in [4.78, 5) is 18.4. The van der Waals surface area contributed by atoms with Gasteiger partial charge in [0.05, 0.1) is 18.8 Å². The third-order valence-electron chi connectivity index (χ3n) is 3.38. The van der Waals surface area contributed by atoms with Crippen molar-refractivity contribution in [3.63, 3.8) is 0 Å². The van der Waals surface area contributed by atoms with Gasteiger partial charge >= 0.3 is 0 Å². The predicted molar refractivity (Wildman–Crippen MR) is 78.0 cm³/mol. The van der Waals surface area contributed by atoms with Crippen molar-refractivity contribution in [2.75, 3.05) is 51.8 Å². The molecule has 0 atom stereocenters. The first-order chi connectivity index (χ1) is 9.81. The van der Waals surface area contributed by atoms with Crippen LogP contribution in [0.4, 0.5) is 5.69 Å². The van der Waals surface area contributed by atoms with Crippen LogP contribution in [-0.4, -0.2) is 62.2 Å². The van der Waals surface area contributed by atoms with E-state index in [0.29, 0.717) is 12.1 Å². The Morgan fingerprint density at radius 1 is 1.45 bits per heavy atom. The number of morpholine rings is 1. The summed E-state index contributed by atoms with van der Waals surface area (Å²) in [5.74, 6) is -0.0792. The molecule has 2 rings (SSSR count). The van der Waals surface area contributed by atoms with E-state index in [-0.39, 0.29) is 5.91 Å². The van der Waals surface area contributed by atoms with Gasteiger partial charge in [-0.3, -0.25) is 14.7 Å². The molecule has 1 saturated heterocycles. The van der Waals surface area contributed by atoms with Gasteiger partial charge in [-0.1, -0.05) is 0 Å². The molecular weight excluding hydrogens is 256 g/mol. The minimum absolute atomic E-state index is 0.0792. The van der Waals surface area contributed by atoms with Gasteiger partial charge in [-0.05, 0) is 19.0 Å². The molecule has 0 radical (unpaired) electrons. The molecule has 0 aromatic carbocycles. The van der Waals surface area contributed by atoms with Crippen LogP contribution in [-0.2, 0) is 4.74 Å². The first-order valence-electron chi connectivity index (χ1n) is 7.01. The summed E-state index contributed by atoms with van der Waals surface area (Å²) in [7, 11) is 1.80. The minimum Gasteiger partial charge on any atom is -0.387 e. The van der Waals surface area contributed by atoms with E-state index < -0.39 is 0 Å². The van der Waals surface area contributed by atoms with Crippen molar-refractivity contribution in [3.05, 3.63) is 24.0 Å². The first kappa shape index (κ1) is 14.7. The van der Waals surface area contributed by atoms with Crippen molar-refractivity contribution in [2.45, 2.75) is 6.42 Å². The molecule has 0 aliphatic carbocycles. The molecule has 1 aromatic heterocycles. The van der Waals surface area contributed by atoms with Crippen LogP contribution in [0.1, 0.15) is 16.8 Å². The quantitative estimate of drug-likeness (QED) is 0.745. The van der Waals surface area contributed by atoms with Gasteiger partial charge in [0.1, 0.15) is 0 Å². The summed E-state index contributed by atoms with van der Waals surface area (Å²) < 4.78 is 5.30. The molecule has 0 saturated carbocycles. The summed E-state index contributed by atoms with van der Waals surface area (Å²) >= 11 is 0. The molecule has 2 N–H and O–H groups in total. The zero-order valence-electron chi connectivity index (χ0n) is 11.9. The maximum atomic E-state index is 12.1. The maximum Gasteiger partial charge on any atom is 0.254 e. The van der Waals surface area contributed by atoms with Crippen LogP contribution in [0.2, 0.25) is 0 Å². The average molecular weight is 278 g/mol. The number of anilines is 1. The highest BCUT2D eigenvalue weighted by atomic mass is 16.5. The third-order valence-corrected chi connectivity index (χ3v) is 3.38. The molecule has 1 fully saturated rings. The van der Waals surface area contributed by atoms with E-state index in [1.54, 1.807) is 25.5 Å². The number of hydrogen-bond donors (Lipinski definition) is 2. The lowest BCUT2D eigenvalue weighted by molar-refractivity contribution is 0.0374. The molecule has 2 heterocycles. The lowest BCUT2D eigenvalue weighted by Gasteiger charge is -2.26. The second-order valence-corrected chi connectivity index (χ2v) is 4.73. The van der Waals surface area contributed by atoms with Crippen LogP contribution in [0.15, 0.2) is 18.5 Å². The SMILES string of the molecule is CNc1ccncc1C(=O)NCCCN1CCOCC1. The number of carbonyl (C=O) groups excluding carboxylic acids is 1. The zero-order valence-corrected chi connectivity index (χ0v) is 11.9. The number of carbonyl (C=O) groups is 1. The summed E-state index contributed by atoms with van der Waals surface area (Å²) in [5, 5.41) is 5.93. The fourth-order valence-electron chi connectivity index (χ4n) is 2.22. The fourth-order valence-corrected chi connectivity index (χ4v) is 2.22. The van der Waals surface area contributed by atoms with Crippen molar-refractivity contribution in [3.8, 4) is 0 Å². The highest BCUT2D eigenvalue weighted by Gasteiger charge is 2.11. The standard InChI is InChI=1S/C14H22N4O2/c1-15-13-3-5-16-11-12(13)14(19)17-4-2-6-18-7-9-20-10-8-18/h3,5,11H,2,4,6-10H2,1H3,(H,15,16)(H,17,19). The largest absolute Gasteiger partial charge is 0.387 e. The Kier molecular flexibility index (Phi) is 5.76. The lowest BCUT2D eigenvalue weighted by Crippen LogP contribution is -2.38. The third kappa shape index (κ3) is 4.18. The van der Waals surface area contributed by atoms with Crippen LogP contribution in [0.5, 0.6) is 0 Å². The number of nitrogens with one attached hydrogen (secondary N) is 2. The normalized spacial score (nSPS) is 15.8. The molecule has 110 valence electrons. The smallest absolute Gasteiger partial charge is 0.254 e. The Hall–Kier alpha value is -1.66. The van der Waals surface area contributed by atoms with Gasteiger partial charge in [0.2, 0.25) is 0 Å². The Bertz CT molecular complexity index is 433. The lowest BCUT2D eigenvalue weighted by atomic mass is 10.2. The van der Waals surface area contributed by atoms with Gasteiger partial charge in [0.15, 0.2) is 0 Å². The van der Waals surface area contributed by atoms with Crippen molar-refractivity contribution < 1.29 is 9.53 Å². The van der Waals surface area contributed by atoms with Crippen LogP contribution in [0.25, 0.3) is 0 Å². The van der Waals surface area contributed by atoms with Gasteiger partial charge in [0.25, 0.3) is 5.91 Å². The molecule has 6 nitrogen and oxygen atoms in total. The monoisotopic (exact) mass is 278 g/mol. The second kappa shape index (κ2) is 7.81. The molecule has 6 heteroatoms. The van der Waals surface area contributed by atoms with Crippen LogP contribution in [0.3, 0.4) is 0 Å². The molecule has 0 spiro atoms. The van der Waals surface area contributed by atoms with Crippen LogP contribution >= 0.6 is 0 Å². The number of rotatable bonds is 6. The van der Waals surface area contributed by atoms with Gasteiger partial charge in [-0.2, -0.15) is 0 Å². The average Bonchev–Trinajstić information content (AvgIpc) is 2.52. The summed E-state index contributed by atoms with van der Waals surface area (Å²) in [5.41, 5.74) is 1.38. The van der Waals surface area contributed by atoms with Crippen LogP contribution in [0, 0.1) is 0 Å². The van der Waals surface area contributed by atoms with Crippen molar-refractivity contribution in [2.24, 2.45) is 0 Å². The fraction of sp³-hybridized carbons (Fsp3) is 0.571. The topological polar surface area (TPSA) is 66.5 Å². The zero-order chi connectivity index (χ0) is 14.2. The Labute approximate surface area is 119 Å². The minimum atomic E-state index is -0.0792. The molecule has 1 amide bonds. The number of hydrogen-bond acceptors (Lipinski definition) is 5. The number of pyridine rings is 1. The van der Waals surface area contributed by atoms with Crippen molar-refractivity contribution >= 4 is 11.6 Å². The van der Waals surface area contributed by atoms with E-state index in [2.05, 4.69) is 20.5 Å². The van der Waals surface area contributed by atoms with Crippen LogP contribution < -0.4 is 10.6 Å². The number of nitrogens with zero attached hydrogens (tertiary/aromatic N) is 2. The Morgan fingerprint density at radius 3 is 3.00 bits per heavy atom. The van der Waals surface area contributed by atoms with E-state index in [4.69, 9.17) is 4.74 Å². The summed E-state index contributed by atoms with van der Waals surface area (Å²) in [6.07, 6.45) is 4.20. The summed E-state index contributed by atoms with van der Waals surface area (Å²) in [6.45, 7) is 5.27. The Morgan fingerprint density at radius 2 is 2.25 bits per heavy atom. The highest BCUT2D eigenvalue weighted by molar-refractivity contribution is 5.99. The predicted octanol–water partition coefficient (Wildman–Crippen LogP) is 0.575. The second-order valence-electron chi connectivity index (χ2n) is 4.73. The molecule has 1 aliphatic rings. The highest BCUT2D eigenvalue weighted by Crippen LogP contribution is 2.11. The van der Waals surface area contributed by atoms with Gasteiger partial charge in [-0.15, -0.1) is 0 Å². The van der Waals surface area contributed by atoms with E-state index >= 15 is 0 Å².